The maximum Gasteiger partial charge on any atom is 0.213 e. The number of rotatable bonds is 4. The third kappa shape index (κ3) is 3.91. The van der Waals surface area contributed by atoms with Gasteiger partial charge in [0.15, 0.2) is 0 Å². The first-order chi connectivity index (χ1) is 6.53. The van der Waals surface area contributed by atoms with Crippen LogP contribution in [-0.4, -0.2) is 39.5 Å². The summed E-state index contributed by atoms with van der Waals surface area (Å²) in [6.07, 6.45) is 1.62. The van der Waals surface area contributed by atoms with E-state index in [0.29, 0.717) is 6.61 Å². The maximum absolute atomic E-state index is 11.4. The van der Waals surface area contributed by atoms with Crippen LogP contribution in [0.5, 0.6) is 0 Å². The van der Waals surface area contributed by atoms with Gasteiger partial charge in [0, 0.05) is 19.2 Å². The molecule has 84 valence electrons. The molecule has 14 heavy (non-hydrogen) atoms. The van der Waals surface area contributed by atoms with E-state index in [2.05, 4.69) is 4.72 Å². The zero-order chi connectivity index (χ0) is 10.6. The average molecular weight is 222 g/mol. The zero-order valence-electron chi connectivity index (χ0n) is 8.40. The first kappa shape index (κ1) is 11.9. The number of nitrogens with one attached hydrogen (secondary N) is 1. The second-order valence-electron chi connectivity index (χ2n) is 3.63. The summed E-state index contributed by atoms with van der Waals surface area (Å²) >= 11 is 0. The van der Waals surface area contributed by atoms with Crippen LogP contribution in [0.1, 0.15) is 19.8 Å². The lowest BCUT2D eigenvalue weighted by atomic mass is 10.1. The van der Waals surface area contributed by atoms with Gasteiger partial charge in [-0.3, -0.25) is 0 Å². The van der Waals surface area contributed by atoms with Crippen molar-refractivity contribution in [2.24, 2.45) is 5.73 Å². The highest BCUT2D eigenvalue weighted by molar-refractivity contribution is 7.89. The van der Waals surface area contributed by atoms with Crippen LogP contribution in [-0.2, 0) is 14.8 Å². The number of hydrogen-bond donors (Lipinski definition) is 2. The van der Waals surface area contributed by atoms with Gasteiger partial charge in [-0.15, -0.1) is 0 Å². The summed E-state index contributed by atoms with van der Waals surface area (Å²) < 4.78 is 30.7. The summed E-state index contributed by atoms with van der Waals surface area (Å²) in [7, 11) is -3.19. The molecule has 0 bridgehead atoms. The molecule has 3 N–H and O–H groups in total. The predicted molar refractivity (Wildman–Crippen MR) is 54.4 cm³/mol. The molecule has 0 saturated carbocycles. The highest BCUT2D eigenvalue weighted by atomic mass is 32.2. The monoisotopic (exact) mass is 222 g/mol. The van der Waals surface area contributed by atoms with Gasteiger partial charge in [0.25, 0.3) is 0 Å². The Bertz CT molecular complexity index is 266. The number of nitrogens with two attached hydrogens (primary N) is 1. The van der Waals surface area contributed by atoms with E-state index in [1.807, 2.05) is 6.92 Å². The van der Waals surface area contributed by atoms with Crippen molar-refractivity contribution in [3.05, 3.63) is 0 Å². The van der Waals surface area contributed by atoms with Crippen molar-refractivity contribution in [3.63, 3.8) is 0 Å². The van der Waals surface area contributed by atoms with Crippen molar-refractivity contribution in [3.8, 4) is 0 Å². The van der Waals surface area contributed by atoms with Gasteiger partial charge in [-0.05, 0) is 19.8 Å². The van der Waals surface area contributed by atoms with E-state index >= 15 is 0 Å². The van der Waals surface area contributed by atoms with E-state index in [1.165, 1.54) is 0 Å². The van der Waals surface area contributed by atoms with E-state index in [0.717, 1.165) is 12.8 Å². The Morgan fingerprint density at radius 1 is 1.57 bits per heavy atom. The lowest BCUT2D eigenvalue weighted by molar-refractivity contribution is 0.0173. The Labute approximate surface area is 85.1 Å². The first-order valence-electron chi connectivity index (χ1n) is 4.85. The summed E-state index contributed by atoms with van der Waals surface area (Å²) in [6, 6.07) is 0.00954. The van der Waals surface area contributed by atoms with Crippen LogP contribution in [0.2, 0.25) is 0 Å². The van der Waals surface area contributed by atoms with Gasteiger partial charge in [0.05, 0.1) is 11.9 Å². The van der Waals surface area contributed by atoms with Gasteiger partial charge in [-0.25, -0.2) is 13.1 Å². The Balaban J connectivity index is 2.43. The molecule has 0 aliphatic carbocycles. The molecule has 0 spiro atoms. The Morgan fingerprint density at radius 2 is 2.29 bits per heavy atom. The molecule has 0 aromatic heterocycles. The van der Waals surface area contributed by atoms with Gasteiger partial charge in [0.2, 0.25) is 10.0 Å². The second-order valence-corrected chi connectivity index (χ2v) is 5.50. The number of ether oxygens (including phenoxy) is 1. The Hall–Kier alpha value is -0.170. The second kappa shape index (κ2) is 5.06. The van der Waals surface area contributed by atoms with E-state index in [4.69, 9.17) is 10.5 Å². The van der Waals surface area contributed by atoms with Crippen molar-refractivity contribution in [2.45, 2.75) is 31.9 Å². The van der Waals surface area contributed by atoms with Crippen molar-refractivity contribution in [1.82, 2.24) is 4.72 Å². The first-order valence-corrected chi connectivity index (χ1v) is 6.50. The third-order valence-corrected chi connectivity index (χ3v) is 3.68. The van der Waals surface area contributed by atoms with Gasteiger partial charge in [-0.1, -0.05) is 0 Å². The van der Waals surface area contributed by atoms with Crippen LogP contribution < -0.4 is 10.5 Å². The molecule has 1 fully saturated rings. The van der Waals surface area contributed by atoms with E-state index in [1.54, 1.807) is 0 Å². The van der Waals surface area contributed by atoms with Crippen LogP contribution >= 0.6 is 0 Å². The highest BCUT2D eigenvalue weighted by Crippen LogP contribution is 2.13. The predicted octanol–water partition coefficient (Wildman–Crippen LogP) is -0.568. The molecule has 1 saturated heterocycles. The summed E-state index contributed by atoms with van der Waals surface area (Å²) in [5.41, 5.74) is 5.20. The fraction of sp³-hybridized carbons (Fsp3) is 1.00. The summed E-state index contributed by atoms with van der Waals surface area (Å²) in [5.74, 6) is -0.00125. The van der Waals surface area contributed by atoms with Crippen LogP contribution in [0.25, 0.3) is 0 Å². The normalized spacial score (nSPS) is 29.0. The van der Waals surface area contributed by atoms with Crippen LogP contribution in [0.15, 0.2) is 0 Å². The molecule has 6 heteroatoms. The number of hydrogen-bond acceptors (Lipinski definition) is 4. The van der Waals surface area contributed by atoms with Crippen molar-refractivity contribution in [1.29, 1.82) is 0 Å². The highest BCUT2D eigenvalue weighted by Gasteiger charge is 2.23. The van der Waals surface area contributed by atoms with Crippen molar-refractivity contribution < 1.29 is 13.2 Å². The quantitative estimate of drug-likeness (QED) is 0.667. The van der Waals surface area contributed by atoms with Gasteiger partial charge in [-0.2, -0.15) is 0 Å². The molecular weight excluding hydrogens is 204 g/mol. The molecule has 1 aliphatic rings. The number of sulfonamides is 1. The van der Waals surface area contributed by atoms with Gasteiger partial charge >= 0.3 is 0 Å². The SMILES string of the molecule is CC1CC(NS(=O)(=O)CCN)CCO1. The molecule has 0 aromatic rings. The molecule has 0 radical (unpaired) electrons. The summed E-state index contributed by atoms with van der Waals surface area (Å²) in [4.78, 5) is 0. The molecule has 1 rings (SSSR count). The van der Waals surface area contributed by atoms with E-state index in [-0.39, 0.29) is 24.4 Å². The molecule has 1 heterocycles. The summed E-state index contributed by atoms with van der Waals surface area (Å²) in [6.45, 7) is 2.73. The Morgan fingerprint density at radius 3 is 2.86 bits per heavy atom. The van der Waals surface area contributed by atoms with E-state index in [9.17, 15) is 8.42 Å². The molecule has 2 unspecified atom stereocenters. The van der Waals surface area contributed by atoms with Crippen LogP contribution in [0.3, 0.4) is 0 Å². The average Bonchev–Trinajstić information content (AvgIpc) is 2.02. The molecule has 5 nitrogen and oxygen atoms in total. The zero-order valence-corrected chi connectivity index (χ0v) is 9.22. The smallest absolute Gasteiger partial charge is 0.213 e. The lowest BCUT2D eigenvalue weighted by Crippen LogP contribution is -2.43. The van der Waals surface area contributed by atoms with Gasteiger partial charge < -0.3 is 10.5 Å². The maximum atomic E-state index is 11.4. The lowest BCUT2D eigenvalue weighted by Gasteiger charge is -2.27. The molecule has 0 aromatic carbocycles. The van der Waals surface area contributed by atoms with Crippen LogP contribution in [0.4, 0.5) is 0 Å². The molecular formula is C8H18N2O3S. The third-order valence-electron chi connectivity index (χ3n) is 2.22. The minimum atomic E-state index is -3.19. The standard InChI is InChI=1S/C8H18N2O3S/c1-7-6-8(2-4-13-7)10-14(11,12)5-3-9/h7-8,10H,2-6,9H2,1H3. The topological polar surface area (TPSA) is 81.4 Å². The van der Waals surface area contributed by atoms with Gasteiger partial charge in [0.1, 0.15) is 0 Å². The minimum Gasteiger partial charge on any atom is -0.378 e. The Kier molecular flexibility index (Phi) is 4.31. The molecule has 0 amide bonds. The van der Waals surface area contributed by atoms with Crippen molar-refractivity contribution in [2.75, 3.05) is 18.9 Å². The fourth-order valence-electron chi connectivity index (χ4n) is 1.57. The molecule has 2 atom stereocenters. The fourth-order valence-corrected chi connectivity index (χ4v) is 2.72. The summed E-state index contributed by atoms with van der Waals surface area (Å²) in [5, 5.41) is 0. The van der Waals surface area contributed by atoms with E-state index < -0.39 is 10.0 Å². The van der Waals surface area contributed by atoms with Crippen molar-refractivity contribution >= 4 is 10.0 Å². The molecule has 1 aliphatic heterocycles. The largest absolute Gasteiger partial charge is 0.378 e. The van der Waals surface area contributed by atoms with Crippen LogP contribution in [0, 0.1) is 0 Å². The minimum absolute atomic E-state index is 0.00125.